The number of phenolic OH excluding ortho intramolecular Hbond substituents is 1. The zero-order valence-corrected chi connectivity index (χ0v) is 12.9. The summed E-state index contributed by atoms with van der Waals surface area (Å²) in [7, 11) is 0. The molecule has 0 aliphatic carbocycles. The summed E-state index contributed by atoms with van der Waals surface area (Å²) in [6, 6.07) is 17.2. The Labute approximate surface area is 139 Å². The molecule has 0 radical (unpaired) electrons. The zero-order valence-electron chi connectivity index (χ0n) is 12.9. The largest absolute Gasteiger partial charge is 0.508 e. The lowest BCUT2D eigenvalue weighted by molar-refractivity contribution is 0.102. The van der Waals surface area contributed by atoms with Gasteiger partial charge in [-0.1, -0.05) is 30.3 Å². The monoisotopic (exact) mass is 323 g/mol. The third kappa shape index (κ3) is 3.31. The highest BCUT2D eigenvalue weighted by atomic mass is 16.5. The van der Waals surface area contributed by atoms with Crippen molar-refractivity contribution < 1.29 is 19.7 Å². The van der Waals surface area contributed by atoms with E-state index in [1.54, 1.807) is 30.3 Å². The maximum absolute atomic E-state index is 12.6. The third-order valence-corrected chi connectivity index (χ3v) is 3.58. The van der Waals surface area contributed by atoms with Crippen LogP contribution in [0.4, 0.5) is 5.69 Å². The molecule has 0 bridgehead atoms. The smallest absolute Gasteiger partial charge is 0.256 e. The van der Waals surface area contributed by atoms with Crippen molar-refractivity contribution in [3.05, 3.63) is 66.2 Å². The van der Waals surface area contributed by atoms with Crippen molar-refractivity contribution in [2.45, 2.75) is 0 Å². The first-order chi connectivity index (χ1) is 11.7. The van der Waals surface area contributed by atoms with Gasteiger partial charge in [-0.15, -0.1) is 0 Å². The third-order valence-electron chi connectivity index (χ3n) is 3.58. The molecule has 24 heavy (non-hydrogen) atoms. The highest BCUT2D eigenvalue weighted by Gasteiger charge is 2.13. The van der Waals surface area contributed by atoms with E-state index >= 15 is 0 Å². The lowest BCUT2D eigenvalue weighted by Gasteiger charge is -2.12. The van der Waals surface area contributed by atoms with Crippen LogP contribution in [0.5, 0.6) is 11.5 Å². The average molecular weight is 323 g/mol. The Morgan fingerprint density at radius 1 is 1.00 bits per heavy atom. The minimum atomic E-state index is -0.273. The number of aliphatic hydroxyl groups is 1. The summed E-state index contributed by atoms with van der Waals surface area (Å²) in [5, 5.41) is 22.7. The zero-order chi connectivity index (χ0) is 16.9. The van der Waals surface area contributed by atoms with E-state index in [0.717, 1.165) is 10.8 Å². The molecule has 0 aromatic heterocycles. The van der Waals surface area contributed by atoms with Gasteiger partial charge in [0.2, 0.25) is 0 Å². The predicted molar refractivity (Wildman–Crippen MR) is 92.6 cm³/mol. The molecule has 0 saturated carbocycles. The van der Waals surface area contributed by atoms with E-state index in [1.165, 1.54) is 6.07 Å². The van der Waals surface area contributed by atoms with Crippen molar-refractivity contribution in [2.75, 3.05) is 18.5 Å². The van der Waals surface area contributed by atoms with Gasteiger partial charge in [-0.3, -0.25) is 4.79 Å². The van der Waals surface area contributed by atoms with Gasteiger partial charge in [0.15, 0.2) is 0 Å². The molecule has 3 rings (SSSR count). The van der Waals surface area contributed by atoms with Crippen LogP contribution in [-0.2, 0) is 0 Å². The Bertz CT molecular complexity index is 876. The van der Waals surface area contributed by atoms with Crippen LogP contribution in [0.3, 0.4) is 0 Å². The van der Waals surface area contributed by atoms with Crippen molar-refractivity contribution in [3.63, 3.8) is 0 Å². The fourth-order valence-corrected chi connectivity index (χ4v) is 2.53. The lowest BCUT2D eigenvalue weighted by atomic mass is 10.0. The number of aromatic hydroxyl groups is 1. The Balaban J connectivity index is 1.96. The van der Waals surface area contributed by atoms with E-state index in [2.05, 4.69) is 5.32 Å². The van der Waals surface area contributed by atoms with Gasteiger partial charge < -0.3 is 20.3 Å². The molecule has 3 N–H and O–H groups in total. The SMILES string of the molecule is O=C(Nc1cccc(O)c1)c1ccc(OCCO)c2ccccc12. The number of amides is 1. The molecule has 0 unspecified atom stereocenters. The van der Waals surface area contributed by atoms with Gasteiger partial charge in [0.1, 0.15) is 18.1 Å². The van der Waals surface area contributed by atoms with Crippen LogP contribution in [-0.4, -0.2) is 29.3 Å². The number of benzene rings is 3. The Hall–Kier alpha value is -3.05. The number of hydrogen-bond acceptors (Lipinski definition) is 4. The van der Waals surface area contributed by atoms with Crippen LogP contribution in [0.15, 0.2) is 60.7 Å². The fourth-order valence-electron chi connectivity index (χ4n) is 2.53. The standard InChI is InChI=1S/C19H17NO4/c21-10-11-24-18-9-8-17(15-6-1-2-7-16(15)18)19(23)20-13-4-3-5-14(22)12-13/h1-9,12,21-22H,10-11H2,(H,20,23). The summed E-state index contributed by atoms with van der Waals surface area (Å²) in [5.74, 6) is 0.435. The molecule has 5 nitrogen and oxygen atoms in total. The van der Waals surface area contributed by atoms with Gasteiger partial charge in [-0.25, -0.2) is 0 Å². The maximum Gasteiger partial charge on any atom is 0.256 e. The summed E-state index contributed by atoms with van der Waals surface area (Å²) in [5.41, 5.74) is 1.02. The van der Waals surface area contributed by atoms with Crippen molar-refractivity contribution in [1.29, 1.82) is 0 Å². The Morgan fingerprint density at radius 2 is 1.79 bits per heavy atom. The van der Waals surface area contributed by atoms with Crippen LogP contribution in [0.25, 0.3) is 10.8 Å². The number of anilines is 1. The maximum atomic E-state index is 12.6. The first-order valence-corrected chi connectivity index (χ1v) is 7.55. The van der Waals surface area contributed by atoms with Crippen LogP contribution >= 0.6 is 0 Å². The Kier molecular flexibility index (Phi) is 4.63. The molecule has 0 saturated heterocycles. The molecular formula is C19H17NO4. The number of phenols is 1. The topological polar surface area (TPSA) is 78.8 Å². The van der Waals surface area contributed by atoms with E-state index in [4.69, 9.17) is 9.84 Å². The molecule has 122 valence electrons. The second-order valence-corrected chi connectivity index (χ2v) is 5.23. The molecule has 0 aliphatic heterocycles. The number of aliphatic hydroxyl groups excluding tert-OH is 1. The van der Waals surface area contributed by atoms with Crippen LogP contribution in [0.1, 0.15) is 10.4 Å². The average Bonchev–Trinajstić information content (AvgIpc) is 2.59. The quantitative estimate of drug-likeness (QED) is 0.674. The van der Waals surface area contributed by atoms with Gasteiger partial charge in [-0.2, -0.15) is 0 Å². The lowest BCUT2D eigenvalue weighted by Crippen LogP contribution is -2.12. The van der Waals surface area contributed by atoms with Crippen LogP contribution in [0, 0.1) is 0 Å². The first kappa shape index (κ1) is 15.8. The van der Waals surface area contributed by atoms with Gasteiger partial charge in [0.05, 0.1) is 6.61 Å². The number of carbonyl (C=O) groups is 1. The van der Waals surface area contributed by atoms with Crippen molar-refractivity contribution in [2.24, 2.45) is 0 Å². The molecule has 0 spiro atoms. The Morgan fingerprint density at radius 3 is 2.54 bits per heavy atom. The van der Waals surface area contributed by atoms with E-state index in [1.807, 2.05) is 24.3 Å². The summed E-state index contributed by atoms with van der Waals surface area (Å²) < 4.78 is 5.52. The highest BCUT2D eigenvalue weighted by molar-refractivity contribution is 6.14. The number of ether oxygens (including phenoxy) is 1. The van der Waals surface area contributed by atoms with E-state index < -0.39 is 0 Å². The van der Waals surface area contributed by atoms with Gasteiger partial charge >= 0.3 is 0 Å². The summed E-state index contributed by atoms with van der Waals surface area (Å²) in [6.07, 6.45) is 0. The second kappa shape index (κ2) is 7.02. The molecule has 0 fully saturated rings. The number of fused-ring (bicyclic) bond motifs is 1. The number of hydrogen-bond donors (Lipinski definition) is 3. The van der Waals surface area contributed by atoms with Crippen molar-refractivity contribution >= 4 is 22.4 Å². The van der Waals surface area contributed by atoms with E-state index in [0.29, 0.717) is 17.0 Å². The molecule has 3 aromatic rings. The van der Waals surface area contributed by atoms with Gasteiger partial charge in [0, 0.05) is 22.7 Å². The van der Waals surface area contributed by atoms with Crippen molar-refractivity contribution in [1.82, 2.24) is 0 Å². The summed E-state index contributed by atoms with van der Waals surface area (Å²) in [4.78, 5) is 12.6. The summed E-state index contributed by atoms with van der Waals surface area (Å²) in [6.45, 7) is 0.118. The molecule has 5 heteroatoms. The normalized spacial score (nSPS) is 10.5. The predicted octanol–water partition coefficient (Wildman–Crippen LogP) is 3.17. The number of carbonyl (C=O) groups excluding carboxylic acids is 1. The van der Waals surface area contributed by atoms with Crippen LogP contribution < -0.4 is 10.1 Å². The molecule has 0 atom stereocenters. The fraction of sp³-hybridized carbons (Fsp3) is 0.105. The second-order valence-electron chi connectivity index (χ2n) is 5.23. The molecule has 0 heterocycles. The van der Waals surface area contributed by atoms with E-state index in [9.17, 15) is 9.90 Å². The van der Waals surface area contributed by atoms with Crippen molar-refractivity contribution in [3.8, 4) is 11.5 Å². The minimum absolute atomic E-state index is 0.0753. The van der Waals surface area contributed by atoms with Crippen LogP contribution in [0.2, 0.25) is 0 Å². The minimum Gasteiger partial charge on any atom is -0.508 e. The van der Waals surface area contributed by atoms with Gasteiger partial charge in [-0.05, 0) is 29.7 Å². The first-order valence-electron chi connectivity index (χ1n) is 7.55. The summed E-state index contributed by atoms with van der Waals surface area (Å²) >= 11 is 0. The molecule has 0 aliphatic rings. The molecule has 3 aromatic carbocycles. The van der Waals surface area contributed by atoms with E-state index in [-0.39, 0.29) is 24.9 Å². The molecular weight excluding hydrogens is 306 g/mol. The van der Waals surface area contributed by atoms with Gasteiger partial charge in [0.25, 0.3) is 5.91 Å². The number of rotatable bonds is 5. The highest BCUT2D eigenvalue weighted by Crippen LogP contribution is 2.29. The number of nitrogens with one attached hydrogen (secondary N) is 1. The molecule has 1 amide bonds.